The van der Waals surface area contributed by atoms with E-state index in [1.807, 2.05) is 0 Å². The predicted octanol–water partition coefficient (Wildman–Crippen LogP) is 10.5. The van der Waals surface area contributed by atoms with E-state index in [-0.39, 0.29) is 6.67 Å². The molecule has 35 heavy (non-hydrogen) atoms. The topological polar surface area (TPSA) is 0 Å². The van der Waals surface area contributed by atoms with Crippen molar-refractivity contribution in [3.63, 3.8) is 0 Å². The van der Waals surface area contributed by atoms with E-state index in [9.17, 15) is 4.39 Å². The maximum absolute atomic E-state index is 12.2. The van der Waals surface area contributed by atoms with Gasteiger partial charge in [0, 0.05) is 0 Å². The van der Waals surface area contributed by atoms with E-state index in [4.69, 9.17) is 0 Å². The van der Waals surface area contributed by atoms with Gasteiger partial charge in [-0.05, 0) is 97.3 Å². The number of rotatable bonds is 12. The second-order valence-corrected chi connectivity index (χ2v) is 11.5. The lowest BCUT2D eigenvalue weighted by Gasteiger charge is -2.28. The van der Waals surface area contributed by atoms with Gasteiger partial charge in [0.05, 0.1) is 6.67 Å². The van der Waals surface area contributed by atoms with Crippen molar-refractivity contribution < 1.29 is 4.39 Å². The first-order valence-electron chi connectivity index (χ1n) is 14.6. The number of halogens is 1. The SMILES string of the molecule is C=CCC1CCC(c2ccc(-c3ccc(CCC4CCC(CCCCCF)CC4)cc3)cc2)CC1. The molecular weight excluding hydrogens is 427 g/mol. The Labute approximate surface area is 214 Å². The molecule has 190 valence electrons. The van der Waals surface area contributed by atoms with Gasteiger partial charge in [0.2, 0.25) is 0 Å². The molecule has 2 fully saturated rings. The largest absolute Gasteiger partial charge is 0.251 e. The van der Waals surface area contributed by atoms with Crippen LogP contribution in [0.15, 0.2) is 61.2 Å². The Bertz CT molecular complexity index is 848. The number of unbranched alkanes of at least 4 members (excludes halogenated alkanes) is 2. The number of hydrogen-bond acceptors (Lipinski definition) is 0. The van der Waals surface area contributed by atoms with Crippen LogP contribution in [0, 0.1) is 17.8 Å². The van der Waals surface area contributed by atoms with Crippen molar-refractivity contribution in [2.75, 3.05) is 6.67 Å². The molecule has 1 heteroatoms. The molecule has 0 spiro atoms. The molecule has 4 rings (SSSR count). The van der Waals surface area contributed by atoms with Gasteiger partial charge in [-0.15, -0.1) is 6.58 Å². The Morgan fingerprint density at radius 2 is 1.23 bits per heavy atom. The third kappa shape index (κ3) is 8.06. The van der Waals surface area contributed by atoms with Gasteiger partial charge in [0.15, 0.2) is 0 Å². The zero-order chi connectivity index (χ0) is 24.3. The first-order chi connectivity index (χ1) is 17.2. The molecule has 0 bridgehead atoms. The molecule has 2 aromatic rings. The Hall–Kier alpha value is -1.89. The maximum atomic E-state index is 12.2. The summed E-state index contributed by atoms with van der Waals surface area (Å²) in [4.78, 5) is 0. The predicted molar refractivity (Wildman–Crippen MR) is 150 cm³/mol. The van der Waals surface area contributed by atoms with Gasteiger partial charge in [0.25, 0.3) is 0 Å². The first-order valence-corrected chi connectivity index (χ1v) is 14.6. The van der Waals surface area contributed by atoms with Gasteiger partial charge in [-0.2, -0.15) is 0 Å². The lowest BCUT2D eigenvalue weighted by Crippen LogP contribution is -2.15. The van der Waals surface area contributed by atoms with Crippen LogP contribution < -0.4 is 0 Å². The summed E-state index contributed by atoms with van der Waals surface area (Å²) in [5.41, 5.74) is 5.68. The van der Waals surface area contributed by atoms with Crippen LogP contribution in [0.1, 0.15) is 107 Å². The third-order valence-electron chi connectivity index (χ3n) is 9.07. The minimum Gasteiger partial charge on any atom is -0.251 e. The van der Waals surface area contributed by atoms with Crippen LogP contribution in [-0.4, -0.2) is 6.67 Å². The van der Waals surface area contributed by atoms with Gasteiger partial charge >= 0.3 is 0 Å². The zero-order valence-electron chi connectivity index (χ0n) is 21.9. The van der Waals surface area contributed by atoms with Gasteiger partial charge in [0.1, 0.15) is 0 Å². The molecule has 0 radical (unpaired) electrons. The van der Waals surface area contributed by atoms with E-state index in [2.05, 4.69) is 61.2 Å². The average Bonchev–Trinajstić information content (AvgIpc) is 2.92. The van der Waals surface area contributed by atoms with Gasteiger partial charge < -0.3 is 0 Å². The molecule has 0 N–H and O–H groups in total. The van der Waals surface area contributed by atoms with E-state index < -0.39 is 0 Å². The van der Waals surface area contributed by atoms with Crippen molar-refractivity contribution in [1.29, 1.82) is 0 Å². The van der Waals surface area contributed by atoms with Gasteiger partial charge in [-0.25, -0.2) is 0 Å². The lowest BCUT2D eigenvalue weighted by molar-refractivity contribution is 0.248. The fraction of sp³-hybridized carbons (Fsp3) is 0.588. The summed E-state index contributed by atoms with van der Waals surface area (Å²) < 4.78 is 12.2. The Morgan fingerprint density at radius 3 is 1.83 bits per heavy atom. The van der Waals surface area contributed by atoms with Crippen molar-refractivity contribution in [3.8, 4) is 11.1 Å². The van der Waals surface area contributed by atoms with Gasteiger partial charge in [-0.3, -0.25) is 4.39 Å². The fourth-order valence-corrected chi connectivity index (χ4v) is 6.66. The van der Waals surface area contributed by atoms with Crippen LogP contribution in [0.3, 0.4) is 0 Å². The summed E-state index contributed by atoms with van der Waals surface area (Å²) in [6.45, 7) is 3.77. The smallest absolute Gasteiger partial charge is 0.0894 e. The highest BCUT2D eigenvalue weighted by molar-refractivity contribution is 5.64. The fourth-order valence-electron chi connectivity index (χ4n) is 6.66. The Kier molecular flexibility index (Phi) is 10.5. The zero-order valence-corrected chi connectivity index (χ0v) is 21.9. The van der Waals surface area contributed by atoms with Crippen LogP contribution in [-0.2, 0) is 6.42 Å². The maximum Gasteiger partial charge on any atom is 0.0894 e. The van der Waals surface area contributed by atoms with Gasteiger partial charge in [-0.1, -0.05) is 99.6 Å². The highest BCUT2D eigenvalue weighted by Gasteiger charge is 2.22. The summed E-state index contributed by atoms with van der Waals surface area (Å²) in [6.07, 6.45) is 21.2. The quantitative estimate of drug-likeness (QED) is 0.212. The van der Waals surface area contributed by atoms with Crippen LogP contribution in [0.5, 0.6) is 0 Å². The molecule has 0 nitrogen and oxygen atoms in total. The lowest BCUT2D eigenvalue weighted by atomic mass is 9.77. The molecule has 2 aliphatic rings. The number of alkyl halides is 1. The second-order valence-electron chi connectivity index (χ2n) is 11.5. The monoisotopic (exact) mass is 474 g/mol. The van der Waals surface area contributed by atoms with Crippen LogP contribution in [0.2, 0.25) is 0 Å². The Balaban J connectivity index is 1.19. The highest BCUT2D eigenvalue weighted by atomic mass is 19.1. The van der Waals surface area contributed by atoms with E-state index in [1.54, 1.807) is 0 Å². The highest BCUT2D eigenvalue weighted by Crippen LogP contribution is 2.38. The molecule has 0 aliphatic heterocycles. The summed E-state index contributed by atoms with van der Waals surface area (Å²) in [6, 6.07) is 18.7. The first kappa shape index (κ1) is 26.2. The minimum absolute atomic E-state index is 0.141. The van der Waals surface area contributed by atoms with Crippen molar-refractivity contribution in [2.24, 2.45) is 17.8 Å². The normalized spacial score (nSPS) is 24.8. The number of benzene rings is 2. The summed E-state index contributed by atoms with van der Waals surface area (Å²) in [5.74, 6) is 3.41. The van der Waals surface area contributed by atoms with E-state index >= 15 is 0 Å². The van der Waals surface area contributed by atoms with Crippen molar-refractivity contribution in [1.82, 2.24) is 0 Å². The number of allylic oxidation sites excluding steroid dienone is 1. The summed E-state index contributed by atoms with van der Waals surface area (Å²) in [5, 5.41) is 0. The molecule has 0 atom stereocenters. The standard InChI is InChI=1S/C34H47F/c1-2-6-27-14-18-31(19-15-27)33-22-24-34(25-23-33)32-20-16-30(17-21-32)13-12-29-10-8-28(9-11-29)7-4-3-5-26-35/h2,16-17,20-25,27-29,31H,1,3-15,18-19,26H2. The van der Waals surface area contributed by atoms with E-state index in [0.29, 0.717) is 0 Å². The van der Waals surface area contributed by atoms with Crippen molar-refractivity contribution in [2.45, 2.75) is 102 Å². The number of aryl methyl sites for hydroxylation is 1. The van der Waals surface area contributed by atoms with Crippen LogP contribution in [0.25, 0.3) is 11.1 Å². The molecule has 0 aromatic heterocycles. The molecule has 0 saturated heterocycles. The minimum atomic E-state index is -0.141. The van der Waals surface area contributed by atoms with Crippen molar-refractivity contribution >= 4 is 0 Å². The summed E-state index contributed by atoms with van der Waals surface area (Å²) in [7, 11) is 0. The molecule has 2 aliphatic carbocycles. The Morgan fingerprint density at radius 1 is 0.657 bits per heavy atom. The molecule has 0 amide bonds. The molecule has 2 aromatic carbocycles. The second kappa shape index (κ2) is 14.0. The number of hydrogen-bond donors (Lipinski definition) is 0. The molecule has 0 heterocycles. The molecular formula is C34H47F. The summed E-state index contributed by atoms with van der Waals surface area (Å²) >= 11 is 0. The average molecular weight is 475 g/mol. The third-order valence-corrected chi connectivity index (χ3v) is 9.07. The molecule has 2 saturated carbocycles. The van der Waals surface area contributed by atoms with Crippen LogP contribution in [0.4, 0.5) is 4.39 Å². The van der Waals surface area contributed by atoms with Crippen molar-refractivity contribution in [3.05, 3.63) is 72.3 Å². The molecule has 0 unspecified atom stereocenters. The van der Waals surface area contributed by atoms with E-state index in [0.717, 1.165) is 36.5 Å². The van der Waals surface area contributed by atoms with E-state index in [1.165, 1.54) is 106 Å². The van der Waals surface area contributed by atoms with Crippen LogP contribution >= 0.6 is 0 Å².